The van der Waals surface area contributed by atoms with Gasteiger partial charge in [-0.25, -0.2) is 9.78 Å². The predicted molar refractivity (Wildman–Crippen MR) is 82.3 cm³/mol. The van der Waals surface area contributed by atoms with E-state index in [1.54, 1.807) is 4.90 Å². The molecule has 1 saturated heterocycles. The molecule has 1 aromatic carbocycles. The number of rotatable bonds is 1. The Morgan fingerprint density at radius 1 is 1.43 bits per heavy atom. The molecule has 0 bridgehead atoms. The molecule has 6 heteroatoms. The van der Waals surface area contributed by atoms with Crippen molar-refractivity contribution in [2.45, 2.75) is 32.3 Å². The Balaban J connectivity index is 1.66. The molecular formula is C15H17BrN2O3. The highest BCUT2D eigenvalue weighted by molar-refractivity contribution is 9.10. The van der Waals surface area contributed by atoms with Crippen molar-refractivity contribution in [1.82, 2.24) is 9.88 Å². The Morgan fingerprint density at radius 2 is 2.14 bits per heavy atom. The predicted octanol–water partition coefficient (Wildman–Crippen LogP) is 3.92. The van der Waals surface area contributed by atoms with Crippen molar-refractivity contribution < 1.29 is 13.9 Å². The summed E-state index contributed by atoms with van der Waals surface area (Å²) in [5, 5.41) is 0. The molecule has 0 aliphatic carbocycles. The average molecular weight is 353 g/mol. The molecular weight excluding hydrogens is 336 g/mol. The zero-order chi connectivity index (χ0) is 15.2. The summed E-state index contributed by atoms with van der Waals surface area (Å²) in [6.45, 7) is 6.76. The van der Waals surface area contributed by atoms with Gasteiger partial charge in [-0.1, -0.05) is 15.9 Å². The molecule has 112 valence electrons. The molecule has 2 aromatic rings. The number of amides is 1. The van der Waals surface area contributed by atoms with Gasteiger partial charge in [0.2, 0.25) is 5.89 Å². The van der Waals surface area contributed by atoms with Gasteiger partial charge in [-0.05, 0) is 39.0 Å². The van der Waals surface area contributed by atoms with Crippen molar-refractivity contribution in [3.63, 3.8) is 0 Å². The highest BCUT2D eigenvalue weighted by Gasteiger charge is 2.37. The number of carbonyl (C=O) groups excluding carboxylic acids is 1. The number of hydrogen-bond acceptors (Lipinski definition) is 4. The smallest absolute Gasteiger partial charge is 0.410 e. The Labute approximate surface area is 131 Å². The van der Waals surface area contributed by atoms with Gasteiger partial charge in [0.15, 0.2) is 5.58 Å². The monoisotopic (exact) mass is 352 g/mol. The van der Waals surface area contributed by atoms with E-state index in [1.165, 1.54) is 0 Å². The molecule has 0 spiro atoms. The summed E-state index contributed by atoms with van der Waals surface area (Å²) in [6, 6.07) is 5.73. The molecule has 1 aliphatic rings. The normalized spacial score (nSPS) is 16.1. The van der Waals surface area contributed by atoms with Gasteiger partial charge in [-0.2, -0.15) is 0 Å². The summed E-state index contributed by atoms with van der Waals surface area (Å²) in [6.07, 6.45) is -0.280. The van der Waals surface area contributed by atoms with Crippen molar-refractivity contribution in [2.24, 2.45) is 0 Å². The topological polar surface area (TPSA) is 55.6 Å². The van der Waals surface area contributed by atoms with E-state index < -0.39 is 5.60 Å². The second kappa shape index (κ2) is 5.02. The molecule has 1 amide bonds. The van der Waals surface area contributed by atoms with Crippen molar-refractivity contribution in [3.8, 4) is 0 Å². The van der Waals surface area contributed by atoms with Crippen molar-refractivity contribution >= 4 is 33.1 Å². The molecule has 0 saturated carbocycles. The maximum Gasteiger partial charge on any atom is 0.410 e. The molecule has 1 fully saturated rings. The number of likely N-dealkylation sites (tertiary alicyclic amines) is 1. The molecule has 3 rings (SSSR count). The largest absolute Gasteiger partial charge is 0.444 e. The lowest BCUT2D eigenvalue weighted by molar-refractivity contribution is 0.00621. The van der Waals surface area contributed by atoms with Crippen LogP contribution in [-0.2, 0) is 4.74 Å². The molecule has 2 heterocycles. The Hall–Kier alpha value is -1.56. The fourth-order valence-corrected chi connectivity index (χ4v) is 2.55. The van der Waals surface area contributed by atoms with Crippen molar-refractivity contribution in [1.29, 1.82) is 0 Å². The minimum absolute atomic E-state index is 0.142. The maximum atomic E-state index is 11.9. The third-order valence-corrected chi connectivity index (χ3v) is 3.74. The first-order valence-corrected chi connectivity index (χ1v) is 7.65. The van der Waals surface area contributed by atoms with Crippen LogP contribution in [0.5, 0.6) is 0 Å². The van der Waals surface area contributed by atoms with Crippen LogP contribution in [0.15, 0.2) is 27.1 Å². The van der Waals surface area contributed by atoms with E-state index in [9.17, 15) is 4.79 Å². The van der Waals surface area contributed by atoms with E-state index >= 15 is 0 Å². The molecule has 0 N–H and O–H groups in total. The van der Waals surface area contributed by atoms with Crippen LogP contribution in [0.25, 0.3) is 11.1 Å². The quantitative estimate of drug-likeness (QED) is 0.780. The number of carbonyl (C=O) groups is 1. The van der Waals surface area contributed by atoms with E-state index in [4.69, 9.17) is 9.15 Å². The summed E-state index contributed by atoms with van der Waals surface area (Å²) in [4.78, 5) is 18.0. The second-order valence-electron chi connectivity index (χ2n) is 6.25. The summed E-state index contributed by atoms with van der Waals surface area (Å²) in [5.74, 6) is 0.826. The van der Waals surface area contributed by atoms with Crippen LogP contribution in [0.3, 0.4) is 0 Å². The van der Waals surface area contributed by atoms with E-state index in [0.717, 1.165) is 15.6 Å². The highest BCUT2D eigenvalue weighted by atomic mass is 79.9. The number of nitrogens with zero attached hydrogens (tertiary/aromatic N) is 2. The van der Waals surface area contributed by atoms with E-state index in [1.807, 2.05) is 39.0 Å². The highest BCUT2D eigenvalue weighted by Crippen LogP contribution is 2.31. The Morgan fingerprint density at radius 3 is 2.81 bits per heavy atom. The van der Waals surface area contributed by atoms with Gasteiger partial charge in [-0.3, -0.25) is 0 Å². The second-order valence-corrected chi connectivity index (χ2v) is 7.16. The molecule has 0 unspecified atom stereocenters. The van der Waals surface area contributed by atoms with E-state index in [2.05, 4.69) is 20.9 Å². The van der Waals surface area contributed by atoms with Crippen LogP contribution in [0.1, 0.15) is 32.6 Å². The van der Waals surface area contributed by atoms with Crippen LogP contribution in [0.4, 0.5) is 4.79 Å². The van der Waals surface area contributed by atoms with Crippen molar-refractivity contribution in [2.75, 3.05) is 13.1 Å². The minimum Gasteiger partial charge on any atom is -0.444 e. The van der Waals surface area contributed by atoms with Gasteiger partial charge in [0.1, 0.15) is 11.1 Å². The molecule has 0 atom stereocenters. The average Bonchev–Trinajstić information content (AvgIpc) is 2.66. The van der Waals surface area contributed by atoms with Gasteiger partial charge < -0.3 is 14.1 Å². The zero-order valence-corrected chi connectivity index (χ0v) is 13.8. The first kappa shape index (κ1) is 14.4. The van der Waals surface area contributed by atoms with Crippen molar-refractivity contribution in [3.05, 3.63) is 28.6 Å². The molecule has 1 aliphatic heterocycles. The number of hydrogen-bond donors (Lipinski definition) is 0. The molecule has 1 aromatic heterocycles. The molecule has 5 nitrogen and oxygen atoms in total. The SMILES string of the molecule is CC(C)(C)OC(=O)N1CC(c2nc3cc(Br)ccc3o2)C1. The van der Waals surface area contributed by atoms with Gasteiger partial charge in [0.05, 0.1) is 5.92 Å². The van der Waals surface area contributed by atoms with Gasteiger partial charge in [0.25, 0.3) is 0 Å². The third-order valence-electron chi connectivity index (χ3n) is 3.25. The lowest BCUT2D eigenvalue weighted by Crippen LogP contribution is -2.50. The lowest BCUT2D eigenvalue weighted by atomic mass is 10.0. The van der Waals surface area contributed by atoms with Crippen LogP contribution in [0.2, 0.25) is 0 Å². The van der Waals surface area contributed by atoms with Gasteiger partial charge in [0, 0.05) is 17.6 Å². The number of aromatic nitrogens is 1. The maximum absolute atomic E-state index is 11.9. The van der Waals surface area contributed by atoms with Gasteiger partial charge in [-0.15, -0.1) is 0 Å². The minimum atomic E-state index is -0.466. The number of benzene rings is 1. The number of fused-ring (bicyclic) bond motifs is 1. The van der Waals surface area contributed by atoms with Crippen LogP contribution >= 0.6 is 15.9 Å². The molecule has 0 radical (unpaired) electrons. The number of halogens is 1. The van der Waals surface area contributed by atoms with E-state index in [-0.39, 0.29) is 12.0 Å². The van der Waals surface area contributed by atoms with Gasteiger partial charge >= 0.3 is 6.09 Å². The first-order valence-electron chi connectivity index (χ1n) is 6.86. The first-order chi connectivity index (χ1) is 9.82. The summed E-state index contributed by atoms with van der Waals surface area (Å²) in [7, 11) is 0. The zero-order valence-electron chi connectivity index (χ0n) is 12.2. The Kier molecular flexibility index (Phi) is 3.43. The third kappa shape index (κ3) is 3.05. The van der Waals surface area contributed by atoms with Crippen LogP contribution < -0.4 is 0 Å². The fraction of sp³-hybridized carbons (Fsp3) is 0.467. The number of oxazole rings is 1. The lowest BCUT2D eigenvalue weighted by Gasteiger charge is -2.38. The standard InChI is InChI=1S/C15H17BrN2O3/c1-15(2,3)21-14(19)18-7-9(8-18)13-17-11-6-10(16)4-5-12(11)20-13/h4-6,9H,7-8H2,1-3H3. The number of ether oxygens (including phenoxy) is 1. The van der Waals surface area contributed by atoms with Crippen LogP contribution in [-0.4, -0.2) is 34.7 Å². The Bertz CT molecular complexity index is 684. The van der Waals surface area contributed by atoms with Crippen LogP contribution in [0, 0.1) is 0 Å². The summed E-state index contributed by atoms with van der Waals surface area (Å²) < 4.78 is 12.0. The summed E-state index contributed by atoms with van der Waals surface area (Å²) >= 11 is 3.42. The summed E-state index contributed by atoms with van der Waals surface area (Å²) in [5.41, 5.74) is 1.13. The molecule has 21 heavy (non-hydrogen) atoms. The fourth-order valence-electron chi connectivity index (χ4n) is 2.20. The van der Waals surface area contributed by atoms with E-state index in [0.29, 0.717) is 19.0 Å².